The smallest absolute Gasteiger partial charge is 0.508 e. The number of fused-ring (bicyclic) bond motifs is 5. The van der Waals surface area contributed by atoms with Crippen molar-refractivity contribution in [2.75, 3.05) is 51.4 Å². The standard InChI is InChI=1S/C66H83N11O16/c1-7-46-47-29-45(78)20-21-51(47)72-58-48(46)34-76-53(58)30-50-49(61(76)85)36-89-62(86)66(50,8-2)93-63(87)90-35-41-14-18-43(19-15-41)70-60(84)52(11-9-10-25-67)71-55(80)38-88-37-54(79)68-26-24-64(3,4)92-39-65(5,6)91-28-27-75-33-44(73-74-75)31-69-59(83)42-16-12-40(13-17-42)32-77-56(81)22-23-57(77)82/h14-15,18-23,29-30,33,40,42,52,78H,7-13,16-17,24-28,31-32,34-39,67H2,1-6H3,(H,68,79)(H,69,83)(H,70,84)(H,71,80)/t40?,42?,52-,66-/m0/s1. The first-order valence-electron chi connectivity index (χ1n) is 31.7. The Morgan fingerprint density at radius 2 is 1.62 bits per heavy atom. The van der Waals surface area contributed by atoms with Crippen LogP contribution in [0.15, 0.2) is 71.7 Å². The molecule has 6 amide bonds. The van der Waals surface area contributed by atoms with Crippen LogP contribution in [-0.4, -0.2) is 145 Å². The number of amides is 6. The van der Waals surface area contributed by atoms with Crippen molar-refractivity contribution in [3.8, 4) is 17.1 Å². The summed E-state index contributed by atoms with van der Waals surface area (Å²) in [4.78, 5) is 124. The van der Waals surface area contributed by atoms with Gasteiger partial charge >= 0.3 is 12.1 Å². The van der Waals surface area contributed by atoms with Gasteiger partial charge in [0.15, 0.2) is 0 Å². The topological polar surface area (TPSA) is 355 Å². The van der Waals surface area contributed by atoms with Gasteiger partial charge in [-0.05, 0) is 152 Å². The van der Waals surface area contributed by atoms with Gasteiger partial charge in [-0.25, -0.2) is 19.3 Å². The molecule has 498 valence electrons. The number of hydrogen-bond acceptors (Lipinski definition) is 20. The molecule has 5 aromatic rings. The third-order valence-corrected chi connectivity index (χ3v) is 17.3. The van der Waals surface area contributed by atoms with E-state index in [0.29, 0.717) is 98.6 Å². The number of nitrogens with zero attached hydrogens (tertiary/aromatic N) is 6. The van der Waals surface area contributed by atoms with Crippen molar-refractivity contribution in [1.29, 1.82) is 0 Å². The highest BCUT2D eigenvalue weighted by Gasteiger charge is 2.51. The number of pyridine rings is 2. The number of aryl methyl sites for hydroxylation is 1. The van der Waals surface area contributed by atoms with Gasteiger partial charge in [0, 0.05) is 53.4 Å². The second kappa shape index (κ2) is 30.2. The maximum Gasteiger partial charge on any atom is 0.510 e. The molecule has 93 heavy (non-hydrogen) atoms. The van der Waals surface area contributed by atoms with Gasteiger partial charge in [-0.2, -0.15) is 0 Å². The average molecular weight is 1290 g/mol. The third-order valence-electron chi connectivity index (χ3n) is 17.3. The highest BCUT2D eigenvalue weighted by Crippen LogP contribution is 2.43. The van der Waals surface area contributed by atoms with E-state index in [9.17, 15) is 48.3 Å². The molecule has 3 aromatic heterocycles. The zero-order chi connectivity index (χ0) is 66.6. The van der Waals surface area contributed by atoms with Crippen molar-refractivity contribution < 1.29 is 71.9 Å². The highest BCUT2D eigenvalue weighted by atomic mass is 16.7. The summed E-state index contributed by atoms with van der Waals surface area (Å²) < 4.78 is 37.8. The molecule has 6 heterocycles. The predicted octanol–water partition coefficient (Wildman–Crippen LogP) is 5.01. The van der Waals surface area contributed by atoms with Gasteiger partial charge in [0.1, 0.15) is 43.9 Å². The number of ether oxygens (including phenoxy) is 6. The van der Waals surface area contributed by atoms with E-state index in [4.69, 9.17) is 39.1 Å². The Balaban J connectivity index is 0.659. The summed E-state index contributed by atoms with van der Waals surface area (Å²) in [5.41, 5.74) is 7.18. The average Bonchev–Trinajstić information content (AvgIpc) is 1.65. The van der Waals surface area contributed by atoms with Crippen LogP contribution in [0, 0.1) is 11.8 Å². The molecule has 1 fully saturated rings. The van der Waals surface area contributed by atoms with Crippen LogP contribution in [0.5, 0.6) is 5.75 Å². The summed E-state index contributed by atoms with van der Waals surface area (Å²) in [5.74, 6) is -2.93. The molecule has 1 saturated carbocycles. The molecule has 0 bridgehead atoms. The fraction of sp³-hybridized carbons (Fsp3) is 0.515. The number of imide groups is 1. The van der Waals surface area contributed by atoms with Crippen LogP contribution >= 0.6 is 0 Å². The monoisotopic (exact) mass is 1290 g/mol. The number of aromatic nitrogens is 5. The van der Waals surface area contributed by atoms with Crippen molar-refractivity contribution in [2.45, 2.75) is 161 Å². The lowest BCUT2D eigenvalue weighted by atomic mass is 9.81. The first-order valence-corrected chi connectivity index (χ1v) is 31.7. The molecule has 7 N–H and O–H groups in total. The van der Waals surface area contributed by atoms with Crippen molar-refractivity contribution >= 4 is 64.2 Å². The maximum atomic E-state index is 14.1. The number of esters is 1. The molecule has 27 heteroatoms. The normalized spacial score (nSPS) is 17.9. The lowest BCUT2D eigenvalue weighted by molar-refractivity contribution is -0.175. The number of nitrogens with one attached hydrogen (secondary N) is 4. The minimum Gasteiger partial charge on any atom is -0.508 e. The first-order chi connectivity index (χ1) is 44.5. The van der Waals surface area contributed by atoms with Gasteiger partial charge in [0.05, 0.1) is 72.7 Å². The lowest BCUT2D eigenvalue weighted by Crippen LogP contribution is -2.47. The second-order valence-electron chi connectivity index (χ2n) is 25.1. The summed E-state index contributed by atoms with van der Waals surface area (Å²) in [5, 5.41) is 30.6. The van der Waals surface area contributed by atoms with Crippen LogP contribution < -0.4 is 32.6 Å². The highest BCUT2D eigenvalue weighted by molar-refractivity contribution is 6.12. The van der Waals surface area contributed by atoms with E-state index in [2.05, 4.69) is 31.6 Å². The number of anilines is 1. The molecule has 27 nitrogen and oxygen atoms in total. The summed E-state index contributed by atoms with van der Waals surface area (Å²) in [7, 11) is 0. The third kappa shape index (κ3) is 17.0. The largest absolute Gasteiger partial charge is 0.510 e. The van der Waals surface area contributed by atoms with E-state index < -0.39 is 71.5 Å². The van der Waals surface area contributed by atoms with Crippen molar-refractivity contribution in [3.05, 3.63) is 111 Å². The Kier molecular flexibility index (Phi) is 22.2. The van der Waals surface area contributed by atoms with Crippen LogP contribution in [0.3, 0.4) is 0 Å². The van der Waals surface area contributed by atoms with Crippen molar-refractivity contribution in [3.63, 3.8) is 0 Å². The Labute approximate surface area is 537 Å². The molecule has 2 atom stereocenters. The van der Waals surface area contributed by atoms with E-state index >= 15 is 0 Å². The summed E-state index contributed by atoms with van der Waals surface area (Å²) in [6.45, 7) is 12.1. The number of hydrogen-bond donors (Lipinski definition) is 6. The molecule has 0 saturated heterocycles. The molecule has 9 rings (SSSR count). The van der Waals surface area contributed by atoms with Gasteiger partial charge in [0.2, 0.25) is 29.2 Å². The molecular weight excluding hydrogens is 1200 g/mol. The minimum absolute atomic E-state index is 0.0565. The SMILES string of the molecule is CCc1c2c(nc3ccc(O)cc13)-c1cc3c(c(=O)n1C2)COC(=O)[C@@]3(CC)OC(=O)OCc1ccc(NC(=O)[C@H](CCCCN)NC(=O)COCC(=O)NCCC(C)(C)OCC(C)(C)OCCn2cc(CNC(=O)C3CCC(CN4C(=O)C=CC4=O)CC3)nn2)cc1. The number of phenols is 1. The van der Waals surface area contributed by atoms with Gasteiger partial charge < -0.3 is 65.1 Å². The Morgan fingerprint density at radius 3 is 2.34 bits per heavy atom. The van der Waals surface area contributed by atoms with Gasteiger partial charge in [-0.1, -0.05) is 31.2 Å². The number of unbranched alkanes of at least 4 members (excludes halogenated alkanes) is 1. The minimum atomic E-state index is -2.01. The Morgan fingerprint density at radius 1 is 0.882 bits per heavy atom. The zero-order valence-electron chi connectivity index (χ0n) is 53.5. The van der Waals surface area contributed by atoms with Gasteiger partial charge in [0.25, 0.3) is 17.4 Å². The fourth-order valence-electron chi connectivity index (χ4n) is 12.0. The lowest BCUT2D eigenvalue weighted by Gasteiger charge is -2.35. The number of benzene rings is 2. The number of carbonyl (C=O) groups is 8. The van der Waals surface area contributed by atoms with E-state index in [-0.39, 0.29) is 98.7 Å². The Bertz CT molecular complexity index is 3690. The first kappa shape index (κ1) is 68.4. The van der Waals surface area contributed by atoms with Crippen LogP contribution in [0.2, 0.25) is 0 Å². The molecule has 4 aliphatic rings. The van der Waals surface area contributed by atoms with Gasteiger partial charge in [-0.15, -0.1) is 5.10 Å². The maximum absolute atomic E-state index is 14.1. The molecular formula is C66H83N11O16. The molecule has 0 spiro atoms. The summed E-state index contributed by atoms with van der Waals surface area (Å²) >= 11 is 0. The van der Waals surface area contributed by atoms with E-state index in [0.717, 1.165) is 29.4 Å². The summed E-state index contributed by atoms with van der Waals surface area (Å²) in [6.07, 6.45) is 8.39. The number of rotatable bonds is 31. The van der Waals surface area contributed by atoms with Crippen LogP contribution in [-0.2, 0) is 107 Å². The molecule has 3 aliphatic heterocycles. The zero-order valence-corrected chi connectivity index (χ0v) is 53.5. The number of phenolic OH excluding ortho intramolecular Hbond substituents is 1. The van der Waals surface area contributed by atoms with Gasteiger partial charge in [-0.3, -0.25) is 38.5 Å². The van der Waals surface area contributed by atoms with E-state index in [1.165, 1.54) is 17.1 Å². The van der Waals surface area contributed by atoms with E-state index in [1.807, 2.05) is 34.6 Å². The predicted molar refractivity (Wildman–Crippen MR) is 336 cm³/mol. The second-order valence-corrected chi connectivity index (χ2v) is 25.1. The fourth-order valence-corrected chi connectivity index (χ4v) is 12.0. The molecule has 0 radical (unpaired) electrons. The van der Waals surface area contributed by atoms with Crippen molar-refractivity contribution in [2.24, 2.45) is 17.6 Å². The molecule has 0 unspecified atom stereocenters. The molecule has 2 aromatic carbocycles. The van der Waals surface area contributed by atoms with Crippen LogP contribution in [0.4, 0.5) is 10.5 Å². The van der Waals surface area contributed by atoms with E-state index in [1.54, 1.807) is 70.9 Å². The van der Waals surface area contributed by atoms with Crippen LogP contribution in [0.25, 0.3) is 22.3 Å². The van der Waals surface area contributed by atoms with Crippen LogP contribution in [0.1, 0.15) is 133 Å². The number of cyclic esters (lactones) is 1. The number of carbonyl (C=O) groups excluding carboxylic acids is 8. The quantitative estimate of drug-likeness (QED) is 0.0189. The molecule has 1 aliphatic carbocycles. The number of aromatic hydroxyl groups is 1. The van der Waals surface area contributed by atoms with Crippen molar-refractivity contribution in [1.82, 2.24) is 45.4 Å². The number of nitrogens with two attached hydrogens (primary N) is 1. The Hall–Kier alpha value is -8.92. The summed E-state index contributed by atoms with van der Waals surface area (Å²) in [6, 6.07) is 12.0.